The molecular weight excluding hydrogens is 269 g/mol. The third-order valence-corrected chi connectivity index (χ3v) is 2.91. The van der Waals surface area contributed by atoms with E-state index in [1.807, 2.05) is 30.1 Å². The Labute approximate surface area is 115 Å². The van der Waals surface area contributed by atoms with Crippen LogP contribution in [0, 0.1) is 0 Å². The van der Waals surface area contributed by atoms with Crippen molar-refractivity contribution in [3.8, 4) is 5.75 Å². The van der Waals surface area contributed by atoms with Crippen LogP contribution < -0.4 is 10.1 Å². The van der Waals surface area contributed by atoms with Crippen LogP contribution in [0.5, 0.6) is 5.75 Å². The SMILES string of the molecule is COc1ccc(NCc2ccn(C)c2)c(C(F)(F)F)c1. The number of halogens is 3. The molecule has 0 aliphatic heterocycles. The van der Waals surface area contributed by atoms with Crippen molar-refractivity contribution in [1.29, 1.82) is 0 Å². The molecule has 0 atom stereocenters. The summed E-state index contributed by atoms with van der Waals surface area (Å²) in [6.45, 7) is 0.330. The quantitative estimate of drug-likeness (QED) is 0.927. The lowest BCUT2D eigenvalue weighted by atomic mass is 10.1. The van der Waals surface area contributed by atoms with Gasteiger partial charge in [-0.05, 0) is 29.8 Å². The number of aryl methyl sites for hydroxylation is 1. The van der Waals surface area contributed by atoms with Gasteiger partial charge in [-0.15, -0.1) is 0 Å². The number of aromatic nitrogens is 1. The second-order valence-electron chi connectivity index (χ2n) is 4.45. The lowest BCUT2D eigenvalue weighted by Crippen LogP contribution is -2.11. The predicted molar refractivity (Wildman–Crippen MR) is 70.7 cm³/mol. The van der Waals surface area contributed by atoms with E-state index in [1.54, 1.807) is 0 Å². The molecule has 108 valence electrons. The molecule has 2 aromatic rings. The Balaban J connectivity index is 2.22. The Morgan fingerprint density at radius 3 is 2.55 bits per heavy atom. The lowest BCUT2D eigenvalue weighted by Gasteiger charge is -2.15. The maximum absolute atomic E-state index is 13.0. The Hall–Kier alpha value is -2.11. The van der Waals surface area contributed by atoms with Gasteiger partial charge in [-0.3, -0.25) is 0 Å². The molecule has 0 saturated carbocycles. The average Bonchev–Trinajstić information content (AvgIpc) is 2.81. The molecule has 1 N–H and O–H groups in total. The number of nitrogens with one attached hydrogen (secondary N) is 1. The number of anilines is 1. The van der Waals surface area contributed by atoms with Crippen molar-refractivity contribution in [2.75, 3.05) is 12.4 Å². The van der Waals surface area contributed by atoms with Gasteiger partial charge in [-0.2, -0.15) is 13.2 Å². The summed E-state index contributed by atoms with van der Waals surface area (Å²) in [6.07, 6.45) is -0.729. The summed E-state index contributed by atoms with van der Waals surface area (Å²) in [5, 5.41) is 2.81. The third-order valence-electron chi connectivity index (χ3n) is 2.91. The predicted octanol–water partition coefficient (Wildman–Crippen LogP) is 3.66. The van der Waals surface area contributed by atoms with E-state index >= 15 is 0 Å². The van der Waals surface area contributed by atoms with Gasteiger partial charge < -0.3 is 14.6 Å². The zero-order valence-electron chi connectivity index (χ0n) is 11.2. The summed E-state index contributed by atoms with van der Waals surface area (Å²) < 4.78 is 45.7. The highest BCUT2D eigenvalue weighted by molar-refractivity contribution is 5.55. The van der Waals surface area contributed by atoms with Gasteiger partial charge >= 0.3 is 6.18 Å². The van der Waals surface area contributed by atoms with Crippen molar-refractivity contribution in [3.63, 3.8) is 0 Å². The Kier molecular flexibility index (Phi) is 3.92. The number of hydrogen-bond donors (Lipinski definition) is 1. The molecule has 0 fully saturated rings. The zero-order chi connectivity index (χ0) is 14.8. The van der Waals surface area contributed by atoms with Crippen LogP contribution in [0.2, 0.25) is 0 Å². The van der Waals surface area contributed by atoms with Crippen LogP contribution in [0.3, 0.4) is 0 Å². The largest absolute Gasteiger partial charge is 0.497 e. The number of hydrogen-bond acceptors (Lipinski definition) is 2. The normalized spacial score (nSPS) is 11.4. The highest BCUT2D eigenvalue weighted by Gasteiger charge is 2.34. The topological polar surface area (TPSA) is 26.2 Å². The van der Waals surface area contributed by atoms with E-state index in [0.717, 1.165) is 11.6 Å². The maximum Gasteiger partial charge on any atom is 0.418 e. The average molecular weight is 284 g/mol. The first-order valence-electron chi connectivity index (χ1n) is 6.00. The van der Waals surface area contributed by atoms with Crippen LogP contribution in [-0.4, -0.2) is 11.7 Å². The minimum Gasteiger partial charge on any atom is -0.497 e. The number of methoxy groups -OCH3 is 1. The molecule has 20 heavy (non-hydrogen) atoms. The number of benzene rings is 1. The summed E-state index contributed by atoms with van der Waals surface area (Å²) in [6, 6.07) is 5.73. The van der Waals surface area contributed by atoms with Gasteiger partial charge in [0.05, 0.1) is 12.7 Å². The maximum atomic E-state index is 13.0. The molecule has 0 aliphatic rings. The van der Waals surface area contributed by atoms with Crippen LogP contribution in [0.15, 0.2) is 36.7 Å². The molecule has 0 unspecified atom stereocenters. The van der Waals surface area contributed by atoms with Crippen LogP contribution in [0.25, 0.3) is 0 Å². The molecule has 0 aliphatic carbocycles. The van der Waals surface area contributed by atoms with Crippen molar-refractivity contribution in [2.24, 2.45) is 7.05 Å². The molecule has 1 aromatic carbocycles. The smallest absolute Gasteiger partial charge is 0.418 e. The molecule has 0 radical (unpaired) electrons. The Morgan fingerprint density at radius 1 is 1.25 bits per heavy atom. The molecule has 0 spiro atoms. The molecule has 6 heteroatoms. The summed E-state index contributed by atoms with van der Waals surface area (Å²) in [4.78, 5) is 0. The van der Waals surface area contributed by atoms with Gasteiger partial charge in [0.1, 0.15) is 5.75 Å². The minimum atomic E-state index is -4.42. The van der Waals surface area contributed by atoms with E-state index in [4.69, 9.17) is 4.74 Å². The van der Waals surface area contributed by atoms with Crippen molar-refractivity contribution in [2.45, 2.75) is 12.7 Å². The number of alkyl halides is 3. The first kappa shape index (κ1) is 14.3. The fraction of sp³-hybridized carbons (Fsp3) is 0.286. The molecule has 1 aromatic heterocycles. The van der Waals surface area contributed by atoms with E-state index in [1.165, 1.54) is 19.2 Å². The van der Waals surface area contributed by atoms with Gasteiger partial charge in [0.2, 0.25) is 0 Å². The first-order valence-corrected chi connectivity index (χ1v) is 6.00. The van der Waals surface area contributed by atoms with E-state index in [2.05, 4.69) is 5.32 Å². The van der Waals surface area contributed by atoms with E-state index in [-0.39, 0.29) is 11.4 Å². The fourth-order valence-corrected chi connectivity index (χ4v) is 1.90. The summed E-state index contributed by atoms with van der Waals surface area (Å²) >= 11 is 0. The van der Waals surface area contributed by atoms with Gasteiger partial charge in [0.15, 0.2) is 0 Å². The Morgan fingerprint density at radius 2 is 2.00 bits per heavy atom. The molecule has 0 amide bonds. The van der Waals surface area contributed by atoms with Crippen LogP contribution in [0.1, 0.15) is 11.1 Å². The van der Waals surface area contributed by atoms with Gasteiger partial charge in [0.25, 0.3) is 0 Å². The van der Waals surface area contributed by atoms with Gasteiger partial charge in [0, 0.05) is 31.7 Å². The van der Waals surface area contributed by atoms with Crippen molar-refractivity contribution in [1.82, 2.24) is 4.57 Å². The van der Waals surface area contributed by atoms with Crippen molar-refractivity contribution >= 4 is 5.69 Å². The second-order valence-corrected chi connectivity index (χ2v) is 4.45. The molecule has 0 saturated heterocycles. The van der Waals surface area contributed by atoms with Crippen molar-refractivity contribution < 1.29 is 17.9 Å². The monoisotopic (exact) mass is 284 g/mol. The number of nitrogens with zero attached hydrogens (tertiary/aromatic N) is 1. The summed E-state index contributed by atoms with van der Waals surface area (Å²) in [5.41, 5.74) is 0.228. The highest BCUT2D eigenvalue weighted by atomic mass is 19.4. The molecule has 1 heterocycles. The molecule has 0 bridgehead atoms. The van der Waals surface area contributed by atoms with Crippen LogP contribution in [0.4, 0.5) is 18.9 Å². The number of ether oxygens (including phenoxy) is 1. The van der Waals surface area contributed by atoms with E-state index < -0.39 is 11.7 Å². The van der Waals surface area contributed by atoms with Gasteiger partial charge in [-0.25, -0.2) is 0 Å². The number of rotatable bonds is 4. The standard InChI is InChI=1S/C14H15F3N2O/c1-19-6-5-10(9-19)8-18-13-4-3-11(20-2)7-12(13)14(15,16)17/h3-7,9,18H,8H2,1-2H3. The Bertz CT molecular complexity index is 590. The lowest BCUT2D eigenvalue weighted by molar-refractivity contribution is -0.137. The third kappa shape index (κ3) is 3.26. The van der Waals surface area contributed by atoms with Crippen molar-refractivity contribution in [3.05, 3.63) is 47.8 Å². The molecule has 3 nitrogen and oxygen atoms in total. The zero-order valence-corrected chi connectivity index (χ0v) is 11.2. The van der Waals surface area contributed by atoms with E-state index in [0.29, 0.717) is 6.54 Å². The molecular formula is C14H15F3N2O. The fourth-order valence-electron chi connectivity index (χ4n) is 1.90. The minimum absolute atomic E-state index is 0.0437. The van der Waals surface area contributed by atoms with Crippen LogP contribution in [-0.2, 0) is 19.8 Å². The van der Waals surface area contributed by atoms with Gasteiger partial charge in [-0.1, -0.05) is 0 Å². The molecule has 2 rings (SSSR count). The summed E-state index contributed by atoms with van der Waals surface area (Å²) in [7, 11) is 3.20. The first-order chi connectivity index (χ1) is 9.40. The highest BCUT2D eigenvalue weighted by Crippen LogP contribution is 2.37. The van der Waals surface area contributed by atoms with Crippen LogP contribution >= 0.6 is 0 Å². The van der Waals surface area contributed by atoms with E-state index in [9.17, 15) is 13.2 Å². The summed E-state index contributed by atoms with van der Waals surface area (Å²) in [5.74, 6) is 0.183. The second kappa shape index (κ2) is 5.48.